The second-order valence-corrected chi connectivity index (χ2v) is 5.72. The highest BCUT2D eigenvalue weighted by Crippen LogP contribution is 2.33. The van der Waals surface area contributed by atoms with E-state index < -0.39 is 23.6 Å². The summed E-state index contributed by atoms with van der Waals surface area (Å²) in [4.78, 5) is 12.6. The summed E-state index contributed by atoms with van der Waals surface area (Å²) in [5, 5.41) is 2.71. The summed E-state index contributed by atoms with van der Waals surface area (Å²) in [7, 11) is 3.00. The zero-order valence-corrected chi connectivity index (χ0v) is 14.9. The Morgan fingerprint density at radius 1 is 1.23 bits per heavy atom. The average molecular weight is 361 g/mol. The second-order valence-electron chi connectivity index (χ2n) is 5.72. The first-order chi connectivity index (χ1) is 12.4. The van der Waals surface area contributed by atoms with Crippen LogP contribution in [0.2, 0.25) is 0 Å². The lowest BCUT2D eigenvalue weighted by atomic mass is 10.0. The van der Waals surface area contributed by atoms with Gasteiger partial charge < -0.3 is 14.8 Å². The molecule has 0 aliphatic carbocycles. The van der Waals surface area contributed by atoms with E-state index in [1.807, 2.05) is 0 Å². The summed E-state index contributed by atoms with van der Waals surface area (Å²) in [6, 6.07) is 5.84. The molecule has 2 aromatic rings. The van der Waals surface area contributed by atoms with Crippen molar-refractivity contribution in [2.75, 3.05) is 14.2 Å². The maximum Gasteiger partial charge on any atom is 0.251 e. The Bertz CT molecular complexity index is 821. The number of rotatable bonds is 7. The van der Waals surface area contributed by atoms with E-state index in [9.17, 15) is 13.6 Å². The van der Waals surface area contributed by atoms with Gasteiger partial charge in [-0.2, -0.15) is 0 Å². The van der Waals surface area contributed by atoms with E-state index in [1.54, 1.807) is 25.1 Å². The molecule has 2 rings (SSSR count). The van der Waals surface area contributed by atoms with Crippen molar-refractivity contribution < 1.29 is 23.0 Å². The number of benzene rings is 2. The lowest BCUT2D eigenvalue weighted by molar-refractivity contribution is 0.0939. The van der Waals surface area contributed by atoms with Crippen molar-refractivity contribution in [2.24, 2.45) is 0 Å². The molecule has 6 heteroatoms. The van der Waals surface area contributed by atoms with Gasteiger partial charge in [0.2, 0.25) is 0 Å². The Kier molecular flexibility index (Phi) is 6.33. The lowest BCUT2D eigenvalue weighted by Gasteiger charge is -2.17. The molecule has 1 amide bonds. The summed E-state index contributed by atoms with van der Waals surface area (Å²) in [6.45, 7) is 5.32. The number of hydrogen-bond acceptors (Lipinski definition) is 3. The minimum absolute atomic E-state index is 0.201. The van der Waals surface area contributed by atoms with Crippen molar-refractivity contribution in [2.45, 2.75) is 19.4 Å². The maximum atomic E-state index is 13.9. The molecule has 0 fully saturated rings. The van der Waals surface area contributed by atoms with Crippen molar-refractivity contribution in [3.05, 3.63) is 71.3 Å². The number of ether oxygens (including phenoxy) is 2. The fourth-order valence-corrected chi connectivity index (χ4v) is 2.69. The second kappa shape index (κ2) is 8.47. The fraction of sp³-hybridized carbons (Fsp3) is 0.250. The van der Waals surface area contributed by atoms with Crippen LogP contribution in [-0.4, -0.2) is 20.1 Å². The monoisotopic (exact) mass is 361 g/mol. The third-order valence-corrected chi connectivity index (χ3v) is 3.96. The van der Waals surface area contributed by atoms with E-state index in [1.165, 1.54) is 20.3 Å². The van der Waals surface area contributed by atoms with Crippen molar-refractivity contribution >= 4 is 5.91 Å². The largest absolute Gasteiger partial charge is 0.493 e. The fourth-order valence-electron chi connectivity index (χ4n) is 2.69. The molecule has 0 heterocycles. The van der Waals surface area contributed by atoms with Crippen LogP contribution in [0.15, 0.2) is 43.0 Å². The van der Waals surface area contributed by atoms with E-state index in [2.05, 4.69) is 11.9 Å². The SMILES string of the molecule is C=CCc1cc(C(=O)NC(C)c2ccc(F)cc2F)cc(OC)c1OC. The van der Waals surface area contributed by atoms with Gasteiger partial charge >= 0.3 is 0 Å². The summed E-state index contributed by atoms with van der Waals surface area (Å²) in [6.07, 6.45) is 2.18. The minimum atomic E-state index is -0.711. The highest BCUT2D eigenvalue weighted by Gasteiger charge is 2.19. The van der Waals surface area contributed by atoms with Gasteiger partial charge in [-0.15, -0.1) is 6.58 Å². The molecule has 0 saturated carbocycles. The number of halogens is 2. The first-order valence-electron chi connectivity index (χ1n) is 8.02. The van der Waals surface area contributed by atoms with Crippen LogP contribution in [0, 0.1) is 11.6 Å². The van der Waals surface area contributed by atoms with Crippen LogP contribution in [0.1, 0.15) is 34.5 Å². The van der Waals surface area contributed by atoms with Crippen LogP contribution < -0.4 is 14.8 Å². The number of hydrogen-bond donors (Lipinski definition) is 1. The molecular formula is C20H21F2NO3. The standard InChI is InChI=1S/C20H21F2NO3/c1-5-6-13-9-14(10-18(25-3)19(13)26-4)20(24)23-12(2)16-8-7-15(21)11-17(16)22/h5,7-12H,1,6H2,2-4H3,(H,23,24). The van der Waals surface area contributed by atoms with Crippen LogP contribution in [0.4, 0.5) is 8.78 Å². The molecule has 4 nitrogen and oxygen atoms in total. The molecule has 0 aliphatic rings. The summed E-state index contributed by atoms with van der Waals surface area (Å²) in [5.74, 6) is -0.845. The Morgan fingerprint density at radius 2 is 1.96 bits per heavy atom. The Labute approximate surface area is 151 Å². The molecule has 0 aliphatic heterocycles. The van der Waals surface area contributed by atoms with Gasteiger partial charge in [-0.05, 0) is 31.5 Å². The Balaban J connectivity index is 2.31. The van der Waals surface area contributed by atoms with Gasteiger partial charge in [0.15, 0.2) is 11.5 Å². The van der Waals surface area contributed by atoms with E-state index >= 15 is 0 Å². The number of carbonyl (C=O) groups is 1. The molecule has 1 atom stereocenters. The topological polar surface area (TPSA) is 47.6 Å². The van der Waals surface area contributed by atoms with Crippen LogP contribution >= 0.6 is 0 Å². The zero-order chi connectivity index (χ0) is 19.3. The van der Waals surface area contributed by atoms with E-state index in [-0.39, 0.29) is 5.56 Å². The molecule has 1 N–H and O–H groups in total. The normalized spacial score (nSPS) is 11.6. The predicted molar refractivity (Wildman–Crippen MR) is 95.7 cm³/mol. The molecule has 0 aromatic heterocycles. The van der Waals surface area contributed by atoms with Gasteiger partial charge in [0.05, 0.1) is 20.3 Å². The molecule has 0 bridgehead atoms. The molecular weight excluding hydrogens is 340 g/mol. The average Bonchev–Trinajstić information content (AvgIpc) is 2.60. The lowest BCUT2D eigenvalue weighted by Crippen LogP contribution is -2.27. The Morgan fingerprint density at radius 3 is 2.54 bits per heavy atom. The van der Waals surface area contributed by atoms with Gasteiger partial charge in [-0.1, -0.05) is 12.1 Å². The predicted octanol–water partition coefficient (Wildman–Crippen LogP) is 4.20. The number of methoxy groups -OCH3 is 2. The molecule has 1 unspecified atom stereocenters. The highest BCUT2D eigenvalue weighted by molar-refractivity contribution is 5.95. The molecule has 0 radical (unpaired) electrons. The maximum absolute atomic E-state index is 13.9. The number of carbonyl (C=O) groups excluding carboxylic acids is 1. The molecule has 0 spiro atoms. The minimum Gasteiger partial charge on any atom is -0.493 e. The molecule has 26 heavy (non-hydrogen) atoms. The van der Waals surface area contributed by atoms with Gasteiger partial charge in [0.25, 0.3) is 5.91 Å². The van der Waals surface area contributed by atoms with Gasteiger partial charge in [0.1, 0.15) is 11.6 Å². The van der Waals surface area contributed by atoms with E-state index in [0.29, 0.717) is 23.5 Å². The van der Waals surface area contributed by atoms with Gasteiger partial charge in [-0.25, -0.2) is 8.78 Å². The third kappa shape index (κ3) is 4.20. The summed E-state index contributed by atoms with van der Waals surface area (Å²) < 4.78 is 37.6. The van der Waals surface area contributed by atoms with Crippen molar-refractivity contribution in [1.82, 2.24) is 5.32 Å². The summed E-state index contributed by atoms with van der Waals surface area (Å²) >= 11 is 0. The van der Waals surface area contributed by atoms with E-state index in [0.717, 1.165) is 17.7 Å². The molecule has 138 valence electrons. The first kappa shape index (κ1) is 19.4. The van der Waals surface area contributed by atoms with Crippen LogP contribution in [0.5, 0.6) is 11.5 Å². The van der Waals surface area contributed by atoms with Crippen LogP contribution in [-0.2, 0) is 6.42 Å². The zero-order valence-electron chi connectivity index (χ0n) is 14.9. The molecule has 2 aromatic carbocycles. The van der Waals surface area contributed by atoms with Crippen LogP contribution in [0.25, 0.3) is 0 Å². The van der Waals surface area contributed by atoms with Gasteiger partial charge in [0, 0.05) is 22.8 Å². The third-order valence-electron chi connectivity index (χ3n) is 3.96. The van der Waals surface area contributed by atoms with Crippen molar-refractivity contribution in [1.29, 1.82) is 0 Å². The molecule has 0 saturated heterocycles. The number of allylic oxidation sites excluding steroid dienone is 1. The van der Waals surface area contributed by atoms with Crippen LogP contribution in [0.3, 0.4) is 0 Å². The smallest absolute Gasteiger partial charge is 0.251 e. The summed E-state index contributed by atoms with van der Waals surface area (Å²) in [5.41, 5.74) is 1.29. The quantitative estimate of drug-likeness (QED) is 0.752. The van der Waals surface area contributed by atoms with Crippen molar-refractivity contribution in [3.63, 3.8) is 0 Å². The number of amides is 1. The Hall–Kier alpha value is -2.89. The highest BCUT2D eigenvalue weighted by atomic mass is 19.1. The number of nitrogens with one attached hydrogen (secondary N) is 1. The van der Waals surface area contributed by atoms with E-state index in [4.69, 9.17) is 9.47 Å². The first-order valence-corrected chi connectivity index (χ1v) is 8.02. The van der Waals surface area contributed by atoms with Crippen molar-refractivity contribution in [3.8, 4) is 11.5 Å². The van der Waals surface area contributed by atoms with Gasteiger partial charge in [-0.3, -0.25) is 4.79 Å².